The molecule has 1 N–H and O–H groups in total. The smallest absolute Gasteiger partial charge is 0.308 e. The number of nitrogens with zero attached hydrogens (tertiary/aromatic N) is 2. The van der Waals surface area contributed by atoms with E-state index in [2.05, 4.69) is 5.32 Å². The Morgan fingerprint density at radius 1 is 0.860 bits per heavy atom. The third kappa shape index (κ3) is 4.54. The van der Waals surface area contributed by atoms with Crippen LogP contribution in [0.2, 0.25) is 0 Å². The number of anilines is 2. The number of benzene rings is 4. The molecule has 0 spiro atoms. The van der Waals surface area contributed by atoms with E-state index in [0.717, 1.165) is 22.1 Å². The molecule has 0 saturated carbocycles. The van der Waals surface area contributed by atoms with Gasteiger partial charge in [0.2, 0.25) is 17.7 Å². The first-order valence-corrected chi connectivity index (χ1v) is 15.4. The summed E-state index contributed by atoms with van der Waals surface area (Å²) < 4.78 is 7.10. The number of nitrogens with one attached hydrogen (secondary N) is 1. The van der Waals surface area contributed by atoms with Crippen LogP contribution in [0.4, 0.5) is 11.4 Å². The summed E-state index contributed by atoms with van der Waals surface area (Å²) in [5.74, 6) is -1.84. The van der Waals surface area contributed by atoms with Crippen LogP contribution in [0.1, 0.15) is 16.4 Å². The Balaban J connectivity index is 1.30. The van der Waals surface area contributed by atoms with Gasteiger partial charge in [-0.05, 0) is 29.7 Å². The van der Waals surface area contributed by atoms with Crippen LogP contribution in [-0.4, -0.2) is 34.6 Å². The fourth-order valence-corrected chi connectivity index (χ4v) is 8.78. The molecule has 2 aliphatic heterocycles. The SMILES string of the molecule is COc1ccccc1[C@H]1c2sc(=O)n(CC(=O)Nc3cccc4ccccc34)c2SC2C(=O)N(c3ccccc3)C(=O)C21. The van der Waals surface area contributed by atoms with Gasteiger partial charge >= 0.3 is 4.87 Å². The fraction of sp³-hybridized carbons (Fsp3) is 0.152. The summed E-state index contributed by atoms with van der Waals surface area (Å²) in [5, 5.41) is 4.58. The highest BCUT2D eigenvalue weighted by Crippen LogP contribution is 2.55. The second-order valence-electron chi connectivity index (χ2n) is 10.3. The lowest BCUT2D eigenvalue weighted by atomic mass is 9.82. The maximum atomic E-state index is 14.0. The van der Waals surface area contributed by atoms with Gasteiger partial charge in [-0.1, -0.05) is 95.9 Å². The summed E-state index contributed by atoms with van der Waals surface area (Å²) >= 11 is 2.20. The number of carbonyl (C=O) groups is 3. The molecule has 0 radical (unpaired) electrons. The van der Waals surface area contributed by atoms with Crippen LogP contribution in [0, 0.1) is 5.92 Å². The number of aromatic nitrogens is 1. The number of ether oxygens (including phenoxy) is 1. The molecule has 3 atom stereocenters. The number of rotatable bonds is 6. The molecule has 1 fully saturated rings. The molecule has 7 rings (SSSR count). The maximum Gasteiger partial charge on any atom is 0.308 e. The first kappa shape index (κ1) is 27.2. The number of hydrogen-bond acceptors (Lipinski definition) is 7. The van der Waals surface area contributed by atoms with Gasteiger partial charge in [0, 0.05) is 27.4 Å². The number of carbonyl (C=O) groups excluding carboxylic acids is 3. The molecule has 3 heterocycles. The Kier molecular flexibility index (Phi) is 6.87. The zero-order valence-corrected chi connectivity index (χ0v) is 24.6. The van der Waals surface area contributed by atoms with Crippen molar-refractivity contribution in [2.45, 2.75) is 22.7 Å². The highest BCUT2D eigenvalue weighted by Gasteiger charge is 2.57. The zero-order chi connectivity index (χ0) is 29.7. The molecule has 0 aliphatic carbocycles. The summed E-state index contributed by atoms with van der Waals surface area (Å²) in [5.41, 5.74) is 1.86. The minimum absolute atomic E-state index is 0.235. The van der Waals surface area contributed by atoms with Crippen LogP contribution >= 0.6 is 23.1 Å². The van der Waals surface area contributed by atoms with Gasteiger partial charge in [0.1, 0.15) is 17.5 Å². The van der Waals surface area contributed by atoms with Crippen molar-refractivity contribution in [2.24, 2.45) is 5.92 Å². The summed E-state index contributed by atoms with van der Waals surface area (Å²) in [6.45, 7) is -0.235. The number of methoxy groups -OCH3 is 1. The molecule has 1 aromatic heterocycles. The highest BCUT2D eigenvalue weighted by atomic mass is 32.2. The third-order valence-electron chi connectivity index (χ3n) is 7.90. The van der Waals surface area contributed by atoms with Crippen molar-refractivity contribution in [3.63, 3.8) is 0 Å². The van der Waals surface area contributed by atoms with E-state index in [9.17, 15) is 19.2 Å². The minimum Gasteiger partial charge on any atom is -0.496 e. The molecule has 1 saturated heterocycles. The molecule has 10 heteroatoms. The lowest BCUT2D eigenvalue weighted by Gasteiger charge is -2.31. The molecule has 4 aromatic carbocycles. The van der Waals surface area contributed by atoms with E-state index in [1.807, 2.05) is 66.7 Å². The summed E-state index contributed by atoms with van der Waals surface area (Å²) in [6.07, 6.45) is 0. The van der Waals surface area contributed by atoms with E-state index < -0.39 is 17.1 Å². The largest absolute Gasteiger partial charge is 0.496 e. The molecule has 2 aliphatic rings. The second-order valence-corrected chi connectivity index (χ2v) is 12.5. The van der Waals surface area contributed by atoms with Gasteiger partial charge in [-0.25, -0.2) is 4.90 Å². The molecule has 43 heavy (non-hydrogen) atoms. The maximum absolute atomic E-state index is 14.0. The van der Waals surface area contributed by atoms with Crippen LogP contribution in [0.5, 0.6) is 5.75 Å². The standard InChI is InChI=1S/C33H25N3O5S2/c1-41-24-17-8-7-15-22(24)26-27-28(31(39)36(30(27)38)20-12-3-2-4-13-20)42-32-29(26)43-33(40)35(32)18-25(37)34-23-16-9-11-19-10-5-6-14-21(19)23/h2-17,26-28H,18H2,1H3,(H,34,37)/t26-,27?,28?/m1/s1. The van der Waals surface area contributed by atoms with E-state index in [1.54, 1.807) is 37.4 Å². The Morgan fingerprint density at radius 2 is 1.58 bits per heavy atom. The van der Waals surface area contributed by atoms with Crippen LogP contribution in [-0.2, 0) is 20.9 Å². The van der Waals surface area contributed by atoms with E-state index in [4.69, 9.17) is 4.74 Å². The van der Waals surface area contributed by atoms with Crippen molar-refractivity contribution in [2.75, 3.05) is 17.3 Å². The van der Waals surface area contributed by atoms with E-state index in [-0.39, 0.29) is 29.1 Å². The molecule has 2 unspecified atom stereocenters. The van der Waals surface area contributed by atoms with Crippen LogP contribution in [0.25, 0.3) is 10.8 Å². The number of amides is 3. The van der Waals surface area contributed by atoms with Gasteiger partial charge in [0.25, 0.3) is 0 Å². The number of para-hydroxylation sites is 2. The van der Waals surface area contributed by atoms with Crippen molar-refractivity contribution in [1.82, 2.24) is 4.57 Å². The van der Waals surface area contributed by atoms with Crippen molar-refractivity contribution >= 4 is 63.0 Å². The van der Waals surface area contributed by atoms with Crippen LogP contribution in [0.3, 0.4) is 0 Å². The minimum atomic E-state index is -0.781. The molecular weight excluding hydrogens is 583 g/mol. The first-order valence-electron chi connectivity index (χ1n) is 13.7. The van der Waals surface area contributed by atoms with Gasteiger partial charge < -0.3 is 10.1 Å². The summed E-state index contributed by atoms with van der Waals surface area (Å²) in [6, 6.07) is 29.6. The van der Waals surface area contributed by atoms with Gasteiger partial charge in [-0.15, -0.1) is 0 Å². The van der Waals surface area contributed by atoms with Crippen molar-refractivity contribution in [1.29, 1.82) is 0 Å². The van der Waals surface area contributed by atoms with Crippen molar-refractivity contribution in [3.05, 3.63) is 117 Å². The van der Waals surface area contributed by atoms with Gasteiger partial charge in [0.05, 0.1) is 23.7 Å². The van der Waals surface area contributed by atoms with Gasteiger partial charge in [-0.3, -0.25) is 23.7 Å². The average Bonchev–Trinajstić information content (AvgIpc) is 3.47. The number of thioether (sulfide) groups is 1. The Hall–Kier alpha value is -4.67. The Bertz CT molecular complexity index is 1960. The van der Waals surface area contributed by atoms with Crippen LogP contribution in [0.15, 0.2) is 107 Å². The molecule has 5 aromatic rings. The third-order valence-corrected chi connectivity index (χ3v) is 10.5. The molecule has 214 valence electrons. The second kappa shape index (κ2) is 10.9. The van der Waals surface area contributed by atoms with E-state index >= 15 is 0 Å². The quantitative estimate of drug-likeness (QED) is 0.256. The lowest BCUT2D eigenvalue weighted by Crippen LogP contribution is -2.33. The van der Waals surface area contributed by atoms with Crippen molar-refractivity contribution < 1.29 is 19.1 Å². The van der Waals surface area contributed by atoms with Crippen molar-refractivity contribution in [3.8, 4) is 5.75 Å². The van der Waals surface area contributed by atoms with E-state index in [1.165, 1.54) is 21.2 Å². The number of thiazole rings is 1. The average molecular weight is 608 g/mol. The van der Waals surface area contributed by atoms with Crippen LogP contribution < -0.4 is 19.8 Å². The highest BCUT2D eigenvalue weighted by molar-refractivity contribution is 8.00. The molecule has 0 bridgehead atoms. The number of fused-ring (bicyclic) bond motifs is 3. The zero-order valence-electron chi connectivity index (χ0n) is 22.9. The monoisotopic (exact) mass is 607 g/mol. The van der Waals surface area contributed by atoms with E-state index in [0.29, 0.717) is 32.6 Å². The topological polar surface area (TPSA) is 97.7 Å². The van der Waals surface area contributed by atoms with Gasteiger partial charge in [0.15, 0.2) is 0 Å². The lowest BCUT2D eigenvalue weighted by molar-refractivity contribution is -0.122. The molecular formula is C33H25N3O5S2. The normalized spacial score (nSPS) is 19.3. The number of imide groups is 1. The summed E-state index contributed by atoms with van der Waals surface area (Å²) in [4.78, 5) is 56.3. The number of hydrogen-bond donors (Lipinski definition) is 1. The molecule has 8 nitrogen and oxygen atoms in total. The Labute approximate surface area is 254 Å². The fourth-order valence-electron chi connectivity index (χ4n) is 6.01. The Morgan fingerprint density at radius 3 is 2.40 bits per heavy atom. The molecule has 3 amide bonds. The predicted octanol–water partition coefficient (Wildman–Crippen LogP) is 5.51. The first-order chi connectivity index (χ1) is 21.0. The summed E-state index contributed by atoms with van der Waals surface area (Å²) in [7, 11) is 1.55. The van der Waals surface area contributed by atoms with Gasteiger partial charge in [-0.2, -0.15) is 0 Å². The predicted molar refractivity (Wildman–Crippen MR) is 168 cm³/mol.